The molecule has 2 heteroatoms. The highest BCUT2D eigenvalue weighted by Crippen LogP contribution is 2.41. The molecule has 0 aliphatic carbocycles. The van der Waals surface area contributed by atoms with Gasteiger partial charge in [-0.3, -0.25) is 0 Å². The largest absolute Gasteiger partial charge is 0.396 e. The molecule has 0 aromatic heterocycles. The Bertz CT molecular complexity index is 150. The molecular weight excluding hydrogens is 140 g/mol. The maximum absolute atomic E-state index is 9.05. The van der Waals surface area contributed by atoms with Gasteiger partial charge in [0.2, 0.25) is 0 Å². The summed E-state index contributed by atoms with van der Waals surface area (Å²) >= 11 is 0. The highest BCUT2D eigenvalue weighted by Gasteiger charge is 2.45. The van der Waals surface area contributed by atoms with Crippen LogP contribution in [0.2, 0.25) is 0 Å². The van der Waals surface area contributed by atoms with Gasteiger partial charge in [0.1, 0.15) is 0 Å². The normalized spacial score (nSPS) is 34.1. The quantitative estimate of drug-likeness (QED) is 0.627. The molecule has 1 N–H and O–H groups in total. The van der Waals surface area contributed by atoms with Crippen molar-refractivity contribution in [2.75, 3.05) is 6.61 Å². The maximum atomic E-state index is 9.05. The molecule has 2 nitrogen and oxygen atoms in total. The smallest absolute Gasteiger partial charge is 0.0684 e. The number of hydrogen-bond donors (Lipinski definition) is 1. The zero-order chi connectivity index (χ0) is 8.70. The van der Waals surface area contributed by atoms with Gasteiger partial charge in [-0.05, 0) is 34.1 Å². The minimum absolute atomic E-state index is 0.0586. The lowest BCUT2D eigenvalue weighted by Gasteiger charge is -2.26. The van der Waals surface area contributed by atoms with Crippen molar-refractivity contribution in [2.24, 2.45) is 5.92 Å². The number of ether oxygens (including phenoxy) is 1. The van der Waals surface area contributed by atoms with Gasteiger partial charge in [-0.2, -0.15) is 0 Å². The van der Waals surface area contributed by atoms with Crippen LogP contribution < -0.4 is 0 Å². The lowest BCUT2D eigenvalue weighted by atomic mass is 9.88. The van der Waals surface area contributed by atoms with E-state index in [2.05, 4.69) is 13.8 Å². The molecular formula is C9H18O2. The standard InChI is InChI=1S/C9H18O2/c1-8(2)5-7(6-10)9(3,4)11-8/h7,10H,5-6H2,1-4H3. The van der Waals surface area contributed by atoms with Crippen molar-refractivity contribution in [1.82, 2.24) is 0 Å². The molecule has 1 aliphatic rings. The van der Waals surface area contributed by atoms with Gasteiger partial charge in [-0.1, -0.05) is 0 Å². The Morgan fingerprint density at radius 3 is 2.09 bits per heavy atom. The fourth-order valence-corrected chi connectivity index (χ4v) is 1.96. The van der Waals surface area contributed by atoms with Crippen molar-refractivity contribution in [1.29, 1.82) is 0 Å². The molecule has 1 heterocycles. The summed E-state index contributed by atoms with van der Waals surface area (Å²) in [5.74, 6) is 0.289. The molecule has 0 amide bonds. The molecule has 1 saturated heterocycles. The second-order valence-corrected chi connectivity index (χ2v) is 4.55. The molecule has 11 heavy (non-hydrogen) atoms. The Labute approximate surface area is 68.6 Å². The molecule has 0 aromatic carbocycles. The Balaban J connectivity index is 2.71. The van der Waals surface area contributed by atoms with E-state index in [9.17, 15) is 0 Å². The number of hydrogen-bond acceptors (Lipinski definition) is 2. The van der Waals surface area contributed by atoms with E-state index in [0.717, 1.165) is 6.42 Å². The average Bonchev–Trinajstić information content (AvgIpc) is 1.99. The lowest BCUT2D eigenvalue weighted by Crippen LogP contribution is -2.30. The summed E-state index contributed by atoms with van der Waals surface area (Å²) in [7, 11) is 0. The van der Waals surface area contributed by atoms with Gasteiger partial charge < -0.3 is 9.84 Å². The zero-order valence-corrected chi connectivity index (χ0v) is 7.85. The van der Waals surface area contributed by atoms with Crippen LogP contribution in [-0.4, -0.2) is 22.9 Å². The molecule has 0 saturated carbocycles. The molecule has 0 bridgehead atoms. The van der Waals surface area contributed by atoms with Crippen LogP contribution >= 0.6 is 0 Å². The monoisotopic (exact) mass is 158 g/mol. The van der Waals surface area contributed by atoms with Crippen LogP contribution in [0, 0.1) is 5.92 Å². The minimum atomic E-state index is -0.155. The van der Waals surface area contributed by atoms with Crippen LogP contribution in [0.5, 0.6) is 0 Å². The SMILES string of the molecule is CC1(C)CC(CO)C(C)(C)O1. The first-order chi connectivity index (χ1) is 4.87. The van der Waals surface area contributed by atoms with E-state index in [1.165, 1.54) is 0 Å². The predicted molar refractivity (Wildman–Crippen MR) is 44.4 cm³/mol. The van der Waals surface area contributed by atoms with Crippen LogP contribution in [0.1, 0.15) is 34.1 Å². The molecule has 1 fully saturated rings. The summed E-state index contributed by atoms with van der Waals surface area (Å²) in [6.07, 6.45) is 0.955. The summed E-state index contributed by atoms with van der Waals surface area (Å²) in [4.78, 5) is 0. The van der Waals surface area contributed by atoms with E-state index in [1.807, 2.05) is 13.8 Å². The van der Waals surface area contributed by atoms with Gasteiger partial charge in [0, 0.05) is 12.5 Å². The van der Waals surface area contributed by atoms with E-state index in [4.69, 9.17) is 9.84 Å². The average molecular weight is 158 g/mol. The van der Waals surface area contributed by atoms with Gasteiger partial charge in [0.15, 0.2) is 0 Å². The Hall–Kier alpha value is -0.0800. The third kappa shape index (κ3) is 1.74. The van der Waals surface area contributed by atoms with E-state index in [-0.39, 0.29) is 23.7 Å². The molecule has 0 aromatic rings. The van der Waals surface area contributed by atoms with Gasteiger partial charge in [0.05, 0.1) is 11.2 Å². The number of aliphatic hydroxyl groups is 1. The Morgan fingerprint density at radius 2 is 1.91 bits per heavy atom. The van der Waals surface area contributed by atoms with E-state index < -0.39 is 0 Å². The van der Waals surface area contributed by atoms with Crippen molar-refractivity contribution in [3.8, 4) is 0 Å². The Kier molecular flexibility index (Phi) is 2.01. The first-order valence-electron chi connectivity index (χ1n) is 4.18. The summed E-state index contributed by atoms with van der Waals surface area (Å²) < 4.78 is 5.78. The van der Waals surface area contributed by atoms with Crippen molar-refractivity contribution in [3.05, 3.63) is 0 Å². The van der Waals surface area contributed by atoms with Crippen LogP contribution in [0.15, 0.2) is 0 Å². The fourth-order valence-electron chi connectivity index (χ4n) is 1.96. The zero-order valence-electron chi connectivity index (χ0n) is 7.85. The van der Waals surface area contributed by atoms with Gasteiger partial charge in [-0.15, -0.1) is 0 Å². The topological polar surface area (TPSA) is 29.5 Å². The first-order valence-corrected chi connectivity index (χ1v) is 4.18. The molecule has 1 rings (SSSR count). The van der Waals surface area contributed by atoms with Crippen molar-refractivity contribution in [2.45, 2.75) is 45.3 Å². The molecule has 1 unspecified atom stereocenters. The van der Waals surface area contributed by atoms with Gasteiger partial charge in [-0.25, -0.2) is 0 Å². The fraction of sp³-hybridized carbons (Fsp3) is 1.00. The van der Waals surface area contributed by atoms with Crippen molar-refractivity contribution in [3.63, 3.8) is 0 Å². The first kappa shape index (κ1) is 9.01. The highest BCUT2D eigenvalue weighted by molar-refractivity contribution is 4.93. The van der Waals surface area contributed by atoms with Gasteiger partial charge in [0.25, 0.3) is 0 Å². The second kappa shape index (κ2) is 2.46. The predicted octanol–water partition coefficient (Wildman–Crippen LogP) is 1.57. The van der Waals surface area contributed by atoms with Crippen molar-refractivity contribution >= 4 is 0 Å². The molecule has 0 radical (unpaired) electrons. The lowest BCUT2D eigenvalue weighted by molar-refractivity contribution is -0.0786. The Morgan fingerprint density at radius 1 is 1.36 bits per heavy atom. The van der Waals surface area contributed by atoms with E-state index >= 15 is 0 Å². The van der Waals surface area contributed by atoms with Crippen LogP contribution in [0.3, 0.4) is 0 Å². The van der Waals surface area contributed by atoms with Crippen LogP contribution in [0.4, 0.5) is 0 Å². The van der Waals surface area contributed by atoms with E-state index in [1.54, 1.807) is 0 Å². The summed E-state index contributed by atoms with van der Waals surface area (Å²) in [6.45, 7) is 8.47. The summed E-state index contributed by atoms with van der Waals surface area (Å²) in [6, 6.07) is 0. The minimum Gasteiger partial charge on any atom is -0.396 e. The summed E-state index contributed by atoms with van der Waals surface area (Å²) in [5, 5.41) is 9.05. The number of aliphatic hydroxyl groups excluding tert-OH is 1. The number of rotatable bonds is 1. The summed E-state index contributed by atoms with van der Waals surface area (Å²) in [5.41, 5.74) is -0.213. The van der Waals surface area contributed by atoms with Crippen LogP contribution in [0.25, 0.3) is 0 Å². The molecule has 1 atom stereocenters. The molecule has 66 valence electrons. The van der Waals surface area contributed by atoms with Crippen molar-refractivity contribution < 1.29 is 9.84 Å². The van der Waals surface area contributed by atoms with E-state index in [0.29, 0.717) is 0 Å². The molecule has 0 spiro atoms. The maximum Gasteiger partial charge on any atom is 0.0684 e. The van der Waals surface area contributed by atoms with Crippen LogP contribution in [-0.2, 0) is 4.74 Å². The molecule has 1 aliphatic heterocycles. The second-order valence-electron chi connectivity index (χ2n) is 4.55. The third-order valence-electron chi connectivity index (χ3n) is 2.48. The third-order valence-corrected chi connectivity index (χ3v) is 2.48. The van der Waals surface area contributed by atoms with Gasteiger partial charge >= 0.3 is 0 Å². The highest BCUT2D eigenvalue weighted by atomic mass is 16.5.